The van der Waals surface area contributed by atoms with Gasteiger partial charge >= 0.3 is 0 Å². The normalized spacial score (nSPS) is 17.7. The van der Waals surface area contributed by atoms with Gasteiger partial charge in [-0.15, -0.1) is 0 Å². The predicted molar refractivity (Wildman–Crippen MR) is 77.9 cm³/mol. The van der Waals surface area contributed by atoms with Gasteiger partial charge in [-0.05, 0) is 42.9 Å². The number of aromatic nitrogens is 2. The zero-order valence-corrected chi connectivity index (χ0v) is 11.7. The summed E-state index contributed by atoms with van der Waals surface area (Å²) in [5.74, 6) is 0. The Labute approximate surface area is 114 Å². The van der Waals surface area contributed by atoms with Crippen LogP contribution in [0.5, 0.6) is 0 Å². The summed E-state index contributed by atoms with van der Waals surface area (Å²) in [5.41, 5.74) is 12.6. The molecule has 0 aliphatic heterocycles. The second-order valence-corrected chi connectivity index (χ2v) is 5.41. The largest absolute Gasteiger partial charge is 0.324 e. The highest BCUT2D eigenvalue weighted by molar-refractivity contribution is 5.71. The van der Waals surface area contributed by atoms with E-state index in [9.17, 15) is 0 Å². The molecule has 0 amide bonds. The van der Waals surface area contributed by atoms with Crippen LogP contribution in [0.3, 0.4) is 0 Å². The van der Waals surface area contributed by atoms with Crippen LogP contribution in [0, 0.1) is 6.92 Å². The Balaban J connectivity index is 2.08. The molecule has 3 rings (SSSR count). The van der Waals surface area contributed by atoms with Crippen LogP contribution in [0.1, 0.15) is 42.6 Å². The van der Waals surface area contributed by atoms with Gasteiger partial charge in [0.25, 0.3) is 0 Å². The lowest BCUT2D eigenvalue weighted by molar-refractivity contribution is 0.598. The van der Waals surface area contributed by atoms with Gasteiger partial charge in [0.05, 0.1) is 5.69 Å². The zero-order valence-electron chi connectivity index (χ0n) is 11.7. The average Bonchev–Trinajstić information content (AvgIpc) is 2.94. The maximum atomic E-state index is 6.16. The molecule has 1 atom stereocenters. The van der Waals surface area contributed by atoms with Crippen molar-refractivity contribution in [2.75, 3.05) is 0 Å². The number of hydrogen-bond acceptors (Lipinski definition) is 2. The summed E-state index contributed by atoms with van der Waals surface area (Å²) in [5, 5.41) is 4.61. The fraction of sp³-hybridized carbons (Fsp3) is 0.438. The molecule has 1 aromatic heterocycles. The highest BCUT2D eigenvalue weighted by atomic mass is 15.3. The first kappa shape index (κ1) is 12.4. The summed E-state index contributed by atoms with van der Waals surface area (Å²) in [6.45, 7) is 5.25. The van der Waals surface area contributed by atoms with Crippen LogP contribution in [0.2, 0.25) is 0 Å². The Morgan fingerprint density at radius 3 is 3.00 bits per heavy atom. The van der Waals surface area contributed by atoms with Gasteiger partial charge in [-0.3, -0.25) is 4.68 Å². The first-order chi connectivity index (χ1) is 9.20. The molecule has 3 nitrogen and oxygen atoms in total. The standard InChI is InChI=1S/C16H21N3/c1-3-9-19-10-15(11(2)18-19)12-5-4-6-14-13(12)7-8-16(14)17/h4-6,10,16H,3,7-9,17H2,1-2H3. The van der Waals surface area contributed by atoms with Crippen LogP contribution >= 0.6 is 0 Å². The minimum atomic E-state index is 0.209. The average molecular weight is 255 g/mol. The van der Waals surface area contributed by atoms with Gasteiger partial charge in [0, 0.05) is 24.3 Å². The zero-order chi connectivity index (χ0) is 13.4. The third-order valence-corrected chi connectivity index (χ3v) is 4.01. The molecule has 1 unspecified atom stereocenters. The molecule has 1 aromatic carbocycles. The Kier molecular flexibility index (Phi) is 3.15. The summed E-state index contributed by atoms with van der Waals surface area (Å²) < 4.78 is 2.05. The lowest BCUT2D eigenvalue weighted by Gasteiger charge is -2.09. The molecule has 2 N–H and O–H groups in total. The van der Waals surface area contributed by atoms with E-state index in [1.807, 2.05) is 0 Å². The molecule has 1 aliphatic carbocycles. The summed E-state index contributed by atoms with van der Waals surface area (Å²) in [7, 11) is 0. The fourth-order valence-electron chi connectivity index (χ4n) is 3.06. The number of nitrogens with zero attached hydrogens (tertiary/aromatic N) is 2. The maximum absolute atomic E-state index is 6.16. The molecule has 0 spiro atoms. The van der Waals surface area contributed by atoms with E-state index in [-0.39, 0.29) is 6.04 Å². The highest BCUT2D eigenvalue weighted by Gasteiger charge is 2.23. The van der Waals surface area contributed by atoms with E-state index in [4.69, 9.17) is 5.73 Å². The van der Waals surface area contributed by atoms with E-state index in [0.29, 0.717) is 0 Å². The van der Waals surface area contributed by atoms with Crippen molar-refractivity contribution in [3.05, 3.63) is 41.2 Å². The van der Waals surface area contributed by atoms with Gasteiger partial charge in [0.2, 0.25) is 0 Å². The van der Waals surface area contributed by atoms with Gasteiger partial charge in [-0.1, -0.05) is 25.1 Å². The quantitative estimate of drug-likeness (QED) is 0.915. The van der Waals surface area contributed by atoms with Crippen molar-refractivity contribution in [3.63, 3.8) is 0 Å². The molecule has 1 heterocycles. The third kappa shape index (κ3) is 2.08. The van der Waals surface area contributed by atoms with Crippen molar-refractivity contribution in [1.82, 2.24) is 9.78 Å². The van der Waals surface area contributed by atoms with Crippen LogP contribution in [0.4, 0.5) is 0 Å². The van der Waals surface area contributed by atoms with Crippen LogP contribution in [-0.2, 0) is 13.0 Å². The van der Waals surface area contributed by atoms with E-state index in [1.165, 1.54) is 22.3 Å². The molecule has 1 aliphatic rings. The van der Waals surface area contributed by atoms with E-state index >= 15 is 0 Å². The Hall–Kier alpha value is -1.61. The van der Waals surface area contributed by atoms with Crippen molar-refractivity contribution in [1.29, 1.82) is 0 Å². The van der Waals surface area contributed by atoms with E-state index in [2.05, 4.69) is 48.0 Å². The molecule has 19 heavy (non-hydrogen) atoms. The molecular formula is C16H21N3. The molecule has 0 saturated carbocycles. The number of benzene rings is 1. The molecule has 2 aromatic rings. The molecule has 3 heteroatoms. The molecule has 0 bridgehead atoms. The number of aryl methyl sites for hydroxylation is 2. The van der Waals surface area contributed by atoms with Crippen molar-refractivity contribution in [2.24, 2.45) is 5.73 Å². The van der Waals surface area contributed by atoms with Crippen LogP contribution in [-0.4, -0.2) is 9.78 Å². The molecule has 0 saturated heterocycles. The van der Waals surface area contributed by atoms with E-state index < -0.39 is 0 Å². The third-order valence-electron chi connectivity index (χ3n) is 4.01. The molecular weight excluding hydrogens is 234 g/mol. The second kappa shape index (κ2) is 4.82. The smallest absolute Gasteiger partial charge is 0.0672 e. The predicted octanol–water partition coefficient (Wildman–Crippen LogP) is 3.21. The maximum Gasteiger partial charge on any atom is 0.0672 e. The van der Waals surface area contributed by atoms with Crippen molar-refractivity contribution in [3.8, 4) is 11.1 Å². The minimum absolute atomic E-state index is 0.209. The summed E-state index contributed by atoms with van der Waals surface area (Å²) in [4.78, 5) is 0. The van der Waals surface area contributed by atoms with Gasteiger partial charge in [0.15, 0.2) is 0 Å². The Morgan fingerprint density at radius 1 is 1.37 bits per heavy atom. The summed E-state index contributed by atoms with van der Waals surface area (Å²) >= 11 is 0. The van der Waals surface area contributed by atoms with Crippen LogP contribution < -0.4 is 5.73 Å². The van der Waals surface area contributed by atoms with Gasteiger partial charge in [0.1, 0.15) is 0 Å². The van der Waals surface area contributed by atoms with Crippen molar-refractivity contribution in [2.45, 2.75) is 45.7 Å². The number of nitrogens with two attached hydrogens (primary N) is 1. The Morgan fingerprint density at radius 2 is 2.21 bits per heavy atom. The second-order valence-electron chi connectivity index (χ2n) is 5.41. The first-order valence-corrected chi connectivity index (χ1v) is 7.12. The first-order valence-electron chi connectivity index (χ1n) is 7.12. The van der Waals surface area contributed by atoms with Crippen LogP contribution in [0.15, 0.2) is 24.4 Å². The molecule has 0 radical (unpaired) electrons. The summed E-state index contributed by atoms with van der Waals surface area (Å²) in [6, 6.07) is 6.70. The van der Waals surface area contributed by atoms with Crippen molar-refractivity contribution < 1.29 is 0 Å². The lowest BCUT2D eigenvalue weighted by atomic mass is 9.97. The lowest BCUT2D eigenvalue weighted by Crippen LogP contribution is -2.04. The minimum Gasteiger partial charge on any atom is -0.324 e. The fourth-order valence-corrected chi connectivity index (χ4v) is 3.06. The Bertz CT molecular complexity index is 598. The van der Waals surface area contributed by atoms with E-state index in [0.717, 1.165) is 31.5 Å². The van der Waals surface area contributed by atoms with E-state index in [1.54, 1.807) is 0 Å². The number of rotatable bonds is 3. The summed E-state index contributed by atoms with van der Waals surface area (Å²) in [6.07, 6.45) is 5.44. The SMILES string of the molecule is CCCn1cc(-c2cccc3c2CCC3N)c(C)n1. The number of hydrogen-bond donors (Lipinski definition) is 1. The van der Waals surface area contributed by atoms with Crippen molar-refractivity contribution >= 4 is 0 Å². The van der Waals surface area contributed by atoms with Crippen LogP contribution in [0.25, 0.3) is 11.1 Å². The molecule has 0 fully saturated rings. The van der Waals surface area contributed by atoms with Gasteiger partial charge < -0.3 is 5.73 Å². The van der Waals surface area contributed by atoms with Gasteiger partial charge in [-0.25, -0.2) is 0 Å². The number of fused-ring (bicyclic) bond motifs is 1. The monoisotopic (exact) mass is 255 g/mol. The molecule has 100 valence electrons. The highest BCUT2D eigenvalue weighted by Crippen LogP contribution is 2.37. The topological polar surface area (TPSA) is 43.8 Å². The van der Waals surface area contributed by atoms with Gasteiger partial charge in [-0.2, -0.15) is 5.10 Å².